The molecule has 2 aliphatic heterocycles. The minimum Gasteiger partial charge on any atom is -0.300 e. The molecule has 0 N–H and O–H groups in total. The van der Waals surface area contributed by atoms with Crippen LogP contribution in [0.15, 0.2) is 109 Å². The van der Waals surface area contributed by atoms with Crippen LogP contribution in [0.2, 0.25) is 0 Å². The van der Waals surface area contributed by atoms with E-state index in [-0.39, 0.29) is 53.2 Å². The van der Waals surface area contributed by atoms with E-state index >= 15 is 4.79 Å². The Balaban J connectivity index is 1.25. The lowest BCUT2D eigenvalue weighted by Gasteiger charge is -2.42. The van der Waals surface area contributed by atoms with Crippen LogP contribution in [-0.2, 0) is 4.79 Å². The molecule has 7 heteroatoms. The molecule has 2 saturated heterocycles. The third-order valence-corrected chi connectivity index (χ3v) is 11.7. The fraction of sp³-hybridized carbons (Fsp3) is 0.400. The molecule has 0 bridgehead atoms. The Hall–Kier alpha value is -4.33. The molecule has 2 fully saturated rings. The van der Waals surface area contributed by atoms with Crippen molar-refractivity contribution in [1.82, 2.24) is 9.80 Å². The highest BCUT2D eigenvalue weighted by molar-refractivity contribution is 5.97. The van der Waals surface area contributed by atoms with Crippen molar-refractivity contribution in [3.05, 3.63) is 143 Å². The smallest absolute Gasteiger partial charge is 0.164 e. The zero-order valence-corrected chi connectivity index (χ0v) is 30.3. The summed E-state index contributed by atoms with van der Waals surface area (Å²) in [6, 6.07) is 31.5. The number of hydrogen-bond donors (Lipinski definition) is 0. The topological polar surface area (TPSA) is 57.7 Å². The molecule has 0 amide bonds. The number of benzene rings is 4. The quantitative estimate of drug-likeness (QED) is 0.123. The first-order valence-electron chi connectivity index (χ1n) is 18.8. The van der Waals surface area contributed by atoms with Gasteiger partial charge in [-0.2, -0.15) is 0 Å². The zero-order chi connectivity index (χ0) is 36.6. The first-order chi connectivity index (χ1) is 25.2. The van der Waals surface area contributed by atoms with Gasteiger partial charge in [0, 0.05) is 60.0 Å². The van der Waals surface area contributed by atoms with Gasteiger partial charge in [-0.3, -0.25) is 24.2 Å². The van der Waals surface area contributed by atoms with Crippen LogP contribution in [-0.4, -0.2) is 65.4 Å². The van der Waals surface area contributed by atoms with E-state index in [4.69, 9.17) is 0 Å². The normalized spacial score (nSPS) is 22.4. The minimum absolute atomic E-state index is 0.0324. The Morgan fingerprint density at radius 2 is 0.885 bits per heavy atom. The van der Waals surface area contributed by atoms with E-state index in [0.29, 0.717) is 36.8 Å². The highest BCUT2D eigenvalue weighted by Gasteiger charge is 2.39. The van der Waals surface area contributed by atoms with Crippen molar-refractivity contribution in [2.24, 2.45) is 0 Å². The van der Waals surface area contributed by atoms with Gasteiger partial charge in [-0.1, -0.05) is 97.8 Å². The number of ketones is 3. The summed E-state index contributed by atoms with van der Waals surface area (Å²) in [5.41, 5.74) is 2.94. The van der Waals surface area contributed by atoms with Gasteiger partial charge in [0.25, 0.3) is 0 Å². The van der Waals surface area contributed by atoms with Crippen LogP contribution < -0.4 is 0 Å². The Morgan fingerprint density at radius 3 is 1.25 bits per heavy atom. The van der Waals surface area contributed by atoms with Gasteiger partial charge >= 0.3 is 0 Å². The second-order valence-electron chi connectivity index (χ2n) is 14.9. The Bertz CT molecular complexity index is 1650. The number of carbonyl (C=O) groups excluding carboxylic acids is 3. The van der Waals surface area contributed by atoms with Gasteiger partial charge in [-0.15, -0.1) is 0 Å². The van der Waals surface area contributed by atoms with Gasteiger partial charge in [0.05, 0.1) is 0 Å². The minimum atomic E-state index is -0.531. The fourth-order valence-corrected chi connectivity index (χ4v) is 8.57. The van der Waals surface area contributed by atoms with Crippen molar-refractivity contribution >= 4 is 17.3 Å². The molecule has 6 rings (SSSR count). The second kappa shape index (κ2) is 17.5. The molecule has 0 spiro atoms. The van der Waals surface area contributed by atoms with E-state index in [1.54, 1.807) is 24.3 Å². The van der Waals surface area contributed by atoms with Crippen LogP contribution in [0.3, 0.4) is 0 Å². The van der Waals surface area contributed by atoms with E-state index < -0.39 is 11.8 Å². The monoisotopic (exact) mass is 704 g/mol. The summed E-state index contributed by atoms with van der Waals surface area (Å²) < 4.78 is 28.5. The van der Waals surface area contributed by atoms with E-state index in [9.17, 15) is 18.4 Å². The number of hydrogen-bond acceptors (Lipinski definition) is 5. The molecule has 0 aromatic heterocycles. The number of nitrogens with zero attached hydrogens (tertiary/aromatic N) is 2. The Morgan fingerprint density at radius 1 is 0.538 bits per heavy atom. The molecule has 0 radical (unpaired) electrons. The van der Waals surface area contributed by atoms with Crippen LogP contribution >= 0.6 is 0 Å². The summed E-state index contributed by atoms with van der Waals surface area (Å²) in [6.07, 6.45) is 7.36. The Labute approximate surface area is 307 Å². The molecule has 2 aliphatic rings. The van der Waals surface area contributed by atoms with Crippen LogP contribution in [0, 0.1) is 11.6 Å². The Kier molecular flexibility index (Phi) is 12.6. The van der Waals surface area contributed by atoms with Gasteiger partial charge in [0.1, 0.15) is 17.4 Å². The van der Waals surface area contributed by atoms with Crippen molar-refractivity contribution in [2.75, 3.05) is 14.1 Å². The number of rotatable bonds is 14. The SMILES string of the molecule is CN1C(CC(=O)c2ccccc2)CCCC1CC(C(=O)C(CC1CCCC(CC(=O)c2ccccc2)N1C)c1ccc(F)cc1)c1ccc(F)cc1. The van der Waals surface area contributed by atoms with Gasteiger partial charge < -0.3 is 0 Å². The highest BCUT2D eigenvalue weighted by atomic mass is 19.1. The van der Waals surface area contributed by atoms with Crippen LogP contribution in [0.4, 0.5) is 8.78 Å². The average molecular weight is 705 g/mol. The number of piperidine rings is 2. The average Bonchev–Trinajstić information content (AvgIpc) is 3.17. The van der Waals surface area contributed by atoms with Gasteiger partial charge in [0.2, 0.25) is 0 Å². The maximum atomic E-state index is 15.1. The molecule has 272 valence electrons. The molecule has 5 nitrogen and oxygen atoms in total. The molecule has 4 aromatic rings. The lowest BCUT2D eigenvalue weighted by atomic mass is 9.75. The number of carbonyl (C=O) groups is 3. The van der Waals surface area contributed by atoms with Gasteiger partial charge in [-0.05, 0) is 88.0 Å². The standard InChI is InChI=1S/C45H50F2N2O3/c1-48-37(15-9-17-39(48)29-43(50)33-11-5-3-6-12-33)27-41(31-19-23-35(46)24-20-31)45(52)42(32-21-25-36(47)26-22-32)28-38-16-10-18-40(49(38)2)30-44(51)34-13-7-4-8-14-34/h3-8,11-14,19-26,37-42H,9-10,15-18,27-30H2,1-2H3. The molecule has 6 atom stereocenters. The first-order valence-corrected chi connectivity index (χ1v) is 18.8. The predicted molar refractivity (Wildman–Crippen MR) is 202 cm³/mol. The summed E-state index contributed by atoms with van der Waals surface area (Å²) in [4.78, 5) is 46.1. The van der Waals surface area contributed by atoms with Crippen molar-refractivity contribution in [2.45, 2.75) is 100 Å². The lowest BCUT2D eigenvalue weighted by Crippen LogP contribution is -2.47. The van der Waals surface area contributed by atoms with Crippen molar-refractivity contribution in [1.29, 1.82) is 0 Å². The summed E-state index contributed by atoms with van der Waals surface area (Å²) in [5.74, 6) is -1.53. The van der Waals surface area contributed by atoms with Crippen LogP contribution in [0.5, 0.6) is 0 Å². The van der Waals surface area contributed by atoms with Crippen molar-refractivity contribution in [3.8, 4) is 0 Å². The molecule has 4 aromatic carbocycles. The summed E-state index contributed by atoms with van der Waals surface area (Å²) >= 11 is 0. The zero-order valence-electron chi connectivity index (χ0n) is 30.3. The highest BCUT2D eigenvalue weighted by Crippen LogP contribution is 2.39. The van der Waals surface area contributed by atoms with E-state index in [1.807, 2.05) is 60.7 Å². The maximum absolute atomic E-state index is 15.1. The molecule has 52 heavy (non-hydrogen) atoms. The second-order valence-corrected chi connectivity index (χ2v) is 14.9. The predicted octanol–water partition coefficient (Wildman–Crippen LogP) is 9.43. The third kappa shape index (κ3) is 9.17. The largest absolute Gasteiger partial charge is 0.300 e. The molecular formula is C45H50F2N2O3. The van der Waals surface area contributed by atoms with Gasteiger partial charge in [0.15, 0.2) is 11.6 Å². The summed E-state index contributed by atoms with van der Waals surface area (Å²) in [7, 11) is 4.12. The van der Waals surface area contributed by atoms with E-state index in [0.717, 1.165) is 49.7 Å². The summed E-state index contributed by atoms with van der Waals surface area (Å²) in [6.45, 7) is 0. The lowest BCUT2D eigenvalue weighted by molar-refractivity contribution is -0.123. The maximum Gasteiger partial charge on any atom is 0.164 e. The first kappa shape index (κ1) is 37.4. The van der Waals surface area contributed by atoms with Crippen molar-refractivity contribution in [3.63, 3.8) is 0 Å². The molecule has 2 heterocycles. The van der Waals surface area contributed by atoms with Crippen molar-refractivity contribution < 1.29 is 23.2 Å². The number of likely N-dealkylation sites (tertiary alicyclic amines) is 2. The van der Waals surface area contributed by atoms with E-state index in [1.165, 1.54) is 24.3 Å². The molecule has 0 aliphatic carbocycles. The fourth-order valence-electron chi connectivity index (χ4n) is 8.57. The molecular weight excluding hydrogens is 655 g/mol. The number of Topliss-reactive ketones (excluding diaryl/α,β-unsaturated/α-hetero) is 3. The third-order valence-electron chi connectivity index (χ3n) is 11.7. The van der Waals surface area contributed by atoms with E-state index in [2.05, 4.69) is 23.9 Å². The van der Waals surface area contributed by atoms with Crippen LogP contribution in [0.1, 0.15) is 108 Å². The number of halogens is 2. The van der Waals surface area contributed by atoms with Crippen LogP contribution in [0.25, 0.3) is 0 Å². The molecule has 0 saturated carbocycles. The van der Waals surface area contributed by atoms with Gasteiger partial charge in [-0.25, -0.2) is 8.78 Å². The summed E-state index contributed by atoms with van der Waals surface area (Å²) in [5, 5.41) is 0. The molecule has 6 unspecified atom stereocenters.